The van der Waals surface area contributed by atoms with Crippen LogP contribution in [0.4, 0.5) is 0 Å². The molecule has 0 atom stereocenters. The average Bonchev–Trinajstić information content (AvgIpc) is 3.63. The smallest absolute Gasteiger partial charge is 0.353 e. The van der Waals surface area contributed by atoms with Crippen molar-refractivity contribution in [2.75, 3.05) is 6.79 Å². The molecule has 2 aromatic heterocycles. The van der Waals surface area contributed by atoms with Crippen LogP contribution in [-0.4, -0.2) is 22.4 Å². The van der Waals surface area contributed by atoms with Gasteiger partial charge >= 0.3 is 5.97 Å². The highest BCUT2D eigenvalue weighted by Crippen LogP contribution is 2.40. The average molecular weight is 516 g/mol. The van der Waals surface area contributed by atoms with Crippen molar-refractivity contribution < 1.29 is 28.5 Å². The van der Waals surface area contributed by atoms with Gasteiger partial charge in [-0.3, -0.25) is 0 Å². The summed E-state index contributed by atoms with van der Waals surface area (Å²) in [7, 11) is 0. The zero-order chi connectivity index (χ0) is 25.5. The van der Waals surface area contributed by atoms with Crippen LogP contribution >= 0.6 is 11.6 Å². The summed E-state index contributed by atoms with van der Waals surface area (Å²) in [6.45, 7) is 2.69. The van der Waals surface area contributed by atoms with Crippen molar-refractivity contribution in [1.82, 2.24) is 4.57 Å². The Morgan fingerprint density at radius 3 is 2.57 bits per heavy atom. The Kier molecular flexibility index (Phi) is 5.77. The fourth-order valence-electron chi connectivity index (χ4n) is 4.61. The van der Waals surface area contributed by atoms with E-state index in [0.717, 1.165) is 33.2 Å². The number of carboxylic acid groups (broad SMARTS) is 1. The lowest BCUT2D eigenvalue weighted by Gasteiger charge is -2.12. The van der Waals surface area contributed by atoms with E-state index in [0.29, 0.717) is 34.4 Å². The molecular formula is C29H22ClNO6. The van der Waals surface area contributed by atoms with E-state index in [1.165, 1.54) is 0 Å². The number of carboxylic acids is 1. The van der Waals surface area contributed by atoms with Crippen LogP contribution in [0.2, 0.25) is 5.02 Å². The molecule has 1 N–H and O–H groups in total. The Bertz CT molecular complexity index is 1620. The largest absolute Gasteiger partial charge is 0.489 e. The lowest BCUT2D eigenvalue weighted by Crippen LogP contribution is -2.11. The lowest BCUT2D eigenvalue weighted by molar-refractivity contribution is 0.0687. The second-order valence-corrected chi connectivity index (χ2v) is 9.28. The van der Waals surface area contributed by atoms with Gasteiger partial charge in [-0.2, -0.15) is 0 Å². The predicted octanol–water partition coefficient (Wildman–Crippen LogP) is 6.92. The van der Waals surface area contributed by atoms with Crippen LogP contribution in [0.1, 0.15) is 27.2 Å². The van der Waals surface area contributed by atoms with E-state index in [1.54, 1.807) is 29.2 Å². The van der Waals surface area contributed by atoms with E-state index >= 15 is 0 Å². The minimum absolute atomic E-state index is 0.126. The number of hydrogen-bond acceptors (Lipinski definition) is 5. The monoisotopic (exact) mass is 515 g/mol. The molecule has 0 saturated heterocycles. The summed E-state index contributed by atoms with van der Waals surface area (Å²) < 4.78 is 23.8. The summed E-state index contributed by atoms with van der Waals surface area (Å²) in [4.78, 5) is 12.7. The first-order valence-corrected chi connectivity index (χ1v) is 12.0. The third-order valence-corrected chi connectivity index (χ3v) is 6.79. The number of benzene rings is 3. The molecule has 0 aliphatic carbocycles. The fraction of sp³-hybridized carbons (Fsp3) is 0.138. The normalized spacial score (nSPS) is 12.3. The minimum atomic E-state index is -1.04. The SMILES string of the molecule is Cc1ccc(-c2c(C(=O)O)n(Cc3cc4c(cc3Cl)OCO4)c3ccc(OCc4ccoc4)cc23)cc1. The van der Waals surface area contributed by atoms with Gasteiger partial charge in [-0.05, 0) is 48.4 Å². The Morgan fingerprint density at radius 2 is 1.84 bits per heavy atom. The Hall–Kier alpha value is -4.36. The van der Waals surface area contributed by atoms with Crippen LogP contribution in [0.15, 0.2) is 77.6 Å². The van der Waals surface area contributed by atoms with Crippen molar-refractivity contribution in [2.45, 2.75) is 20.1 Å². The Balaban J connectivity index is 1.51. The molecule has 1 aliphatic rings. The maximum absolute atomic E-state index is 12.7. The van der Waals surface area contributed by atoms with E-state index in [4.69, 9.17) is 30.2 Å². The van der Waals surface area contributed by atoms with Crippen molar-refractivity contribution in [1.29, 1.82) is 0 Å². The molecule has 186 valence electrons. The summed E-state index contributed by atoms with van der Waals surface area (Å²) in [5.41, 5.74) is 5.04. The molecule has 5 aromatic rings. The van der Waals surface area contributed by atoms with Gasteiger partial charge in [-0.25, -0.2) is 4.79 Å². The first kappa shape index (κ1) is 23.1. The van der Waals surface area contributed by atoms with E-state index in [2.05, 4.69) is 0 Å². The number of carbonyl (C=O) groups is 1. The van der Waals surface area contributed by atoms with Gasteiger partial charge < -0.3 is 28.3 Å². The molecule has 0 fully saturated rings. The molecule has 0 spiro atoms. The maximum Gasteiger partial charge on any atom is 0.353 e. The number of nitrogens with zero attached hydrogens (tertiary/aromatic N) is 1. The number of aromatic nitrogens is 1. The molecule has 8 heteroatoms. The molecule has 0 unspecified atom stereocenters. The highest BCUT2D eigenvalue weighted by atomic mass is 35.5. The molecule has 7 nitrogen and oxygen atoms in total. The predicted molar refractivity (Wildman–Crippen MR) is 139 cm³/mol. The summed E-state index contributed by atoms with van der Waals surface area (Å²) in [5.74, 6) is 0.743. The van der Waals surface area contributed by atoms with Crippen molar-refractivity contribution in [3.05, 3.63) is 101 Å². The number of hydrogen-bond donors (Lipinski definition) is 1. The van der Waals surface area contributed by atoms with Crippen LogP contribution < -0.4 is 14.2 Å². The number of aryl methyl sites for hydroxylation is 1. The van der Waals surface area contributed by atoms with Gasteiger partial charge in [-0.1, -0.05) is 41.4 Å². The van der Waals surface area contributed by atoms with Crippen molar-refractivity contribution in [3.63, 3.8) is 0 Å². The van der Waals surface area contributed by atoms with E-state index < -0.39 is 5.97 Å². The van der Waals surface area contributed by atoms with Gasteiger partial charge in [0.05, 0.1) is 19.1 Å². The minimum Gasteiger partial charge on any atom is -0.489 e. The van der Waals surface area contributed by atoms with Crippen molar-refractivity contribution in [2.24, 2.45) is 0 Å². The summed E-state index contributed by atoms with van der Waals surface area (Å²) >= 11 is 6.57. The molecule has 6 rings (SSSR count). The van der Waals surface area contributed by atoms with Crippen LogP contribution in [0.5, 0.6) is 17.2 Å². The zero-order valence-electron chi connectivity index (χ0n) is 19.9. The zero-order valence-corrected chi connectivity index (χ0v) is 20.6. The third-order valence-electron chi connectivity index (χ3n) is 6.43. The van der Waals surface area contributed by atoms with Gasteiger partial charge in [0.15, 0.2) is 11.5 Å². The molecule has 0 bridgehead atoms. The molecule has 1 aliphatic heterocycles. The highest BCUT2D eigenvalue weighted by Gasteiger charge is 2.26. The fourth-order valence-corrected chi connectivity index (χ4v) is 4.83. The standard InChI is InChI=1S/C29H22ClNO6/c1-17-2-4-19(5-3-17)27-22-11-21(35-15-18-8-9-34-14-18)6-7-24(22)31(28(27)29(32)33)13-20-10-25-26(12-23(20)30)37-16-36-25/h2-12,14H,13,15-16H2,1H3,(H,32,33). The van der Waals surface area contributed by atoms with Crippen LogP contribution in [0, 0.1) is 6.92 Å². The number of fused-ring (bicyclic) bond motifs is 2. The van der Waals surface area contributed by atoms with Gasteiger partial charge in [0.1, 0.15) is 18.1 Å². The summed E-state index contributed by atoms with van der Waals surface area (Å²) in [5, 5.41) is 11.7. The van der Waals surface area contributed by atoms with Gasteiger partial charge in [0.2, 0.25) is 6.79 Å². The summed E-state index contributed by atoms with van der Waals surface area (Å²) in [6, 6.07) is 18.8. The second-order valence-electron chi connectivity index (χ2n) is 8.88. The van der Waals surface area contributed by atoms with E-state index in [9.17, 15) is 9.90 Å². The highest BCUT2D eigenvalue weighted by molar-refractivity contribution is 6.31. The molecule has 0 radical (unpaired) electrons. The van der Waals surface area contributed by atoms with Crippen LogP contribution in [0.25, 0.3) is 22.0 Å². The number of halogens is 1. The van der Waals surface area contributed by atoms with E-state index in [-0.39, 0.29) is 19.0 Å². The molecule has 3 heterocycles. The van der Waals surface area contributed by atoms with E-state index in [1.807, 2.05) is 55.5 Å². The molecule has 3 aromatic carbocycles. The summed E-state index contributed by atoms with van der Waals surface area (Å²) in [6.07, 6.45) is 3.22. The number of furan rings is 1. The number of aromatic carboxylic acids is 1. The van der Waals surface area contributed by atoms with Crippen LogP contribution in [-0.2, 0) is 13.2 Å². The molecular weight excluding hydrogens is 494 g/mol. The third kappa shape index (κ3) is 4.27. The molecule has 37 heavy (non-hydrogen) atoms. The van der Waals surface area contributed by atoms with Crippen LogP contribution in [0.3, 0.4) is 0 Å². The number of rotatable bonds is 7. The maximum atomic E-state index is 12.7. The van der Waals surface area contributed by atoms with Gasteiger partial charge in [0, 0.05) is 33.1 Å². The van der Waals surface area contributed by atoms with Gasteiger partial charge in [-0.15, -0.1) is 0 Å². The van der Waals surface area contributed by atoms with Crippen molar-refractivity contribution >= 4 is 28.5 Å². The van der Waals surface area contributed by atoms with Crippen molar-refractivity contribution in [3.8, 4) is 28.4 Å². The number of ether oxygens (including phenoxy) is 3. The van der Waals surface area contributed by atoms with Gasteiger partial charge in [0.25, 0.3) is 0 Å². The quantitative estimate of drug-likeness (QED) is 0.253. The Morgan fingerprint density at radius 1 is 1.05 bits per heavy atom. The molecule has 0 saturated carbocycles. The first-order chi connectivity index (χ1) is 18.0. The Labute approximate surface area is 217 Å². The molecule has 0 amide bonds. The lowest BCUT2D eigenvalue weighted by atomic mass is 10.0. The topological polar surface area (TPSA) is 83.1 Å². The second kappa shape index (κ2) is 9.26. The first-order valence-electron chi connectivity index (χ1n) is 11.7.